The molecule has 0 unspecified atom stereocenters. The van der Waals surface area contributed by atoms with Crippen molar-refractivity contribution in [1.82, 2.24) is 14.8 Å². The lowest BCUT2D eigenvalue weighted by atomic mass is 10.1. The number of hydrogen-bond donors (Lipinski definition) is 1. The van der Waals surface area contributed by atoms with Gasteiger partial charge in [-0.1, -0.05) is 49.0 Å². The quantitative estimate of drug-likeness (QED) is 0.458. The maximum absolute atomic E-state index is 12.5. The topological polar surface area (TPSA) is 76.9 Å². The summed E-state index contributed by atoms with van der Waals surface area (Å²) in [4.78, 5) is 24.1. The standard InChI is InChI=1S/C21H22N4O2S/c1-3-7-19(27)22-17-12-10-15(11-13-17)18(26)14-28-21-24-23-20(25(21)2)16-8-5-4-6-9-16/h4-6,8-13H,3,7,14H2,1-2H3,(H,22,27). The molecule has 0 aliphatic heterocycles. The van der Waals surface area contributed by atoms with Crippen LogP contribution in [-0.4, -0.2) is 32.2 Å². The van der Waals surface area contributed by atoms with E-state index in [1.807, 2.05) is 48.9 Å². The fourth-order valence-corrected chi connectivity index (χ4v) is 3.49. The number of ketones is 1. The lowest BCUT2D eigenvalue weighted by Crippen LogP contribution is -2.11. The first kappa shape index (κ1) is 19.8. The van der Waals surface area contributed by atoms with Gasteiger partial charge >= 0.3 is 0 Å². The molecule has 1 aromatic heterocycles. The summed E-state index contributed by atoms with van der Waals surface area (Å²) in [5, 5.41) is 11.9. The highest BCUT2D eigenvalue weighted by atomic mass is 32.2. The molecule has 0 bridgehead atoms. The van der Waals surface area contributed by atoms with Crippen LogP contribution in [0.5, 0.6) is 0 Å². The highest BCUT2D eigenvalue weighted by Crippen LogP contribution is 2.23. The summed E-state index contributed by atoms with van der Waals surface area (Å²) in [5.74, 6) is 1.01. The average molecular weight is 395 g/mol. The second kappa shape index (κ2) is 9.32. The fourth-order valence-electron chi connectivity index (χ4n) is 2.68. The minimum absolute atomic E-state index is 0.000644. The van der Waals surface area contributed by atoms with Gasteiger partial charge in [-0.25, -0.2) is 0 Å². The molecule has 0 saturated carbocycles. The molecule has 0 aliphatic rings. The summed E-state index contributed by atoms with van der Waals surface area (Å²) in [5.41, 5.74) is 2.28. The number of hydrogen-bond acceptors (Lipinski definition) is 5. The molecule has 144 valence electrons. The van der Waals surface area contributed by atoms with Gasteiger partial charge in [0.15, 0.2) is 16.8 Å². The van der Waals surface area contributed by atoms with Crippen LogP contribution in [0.15, 0.2) is 59.8 Å². The summed E-state index contributed by atoms with van der Waals surface area (Å²) in [6.07, 6.45) is 1.29. The minimum Gasteiger partial charge on any atom is -0.326 e. The molecule has 1 heterocycles. The van der Waals surface area contributed by atoms with Crippen LogP contribution in [0.2, 0.25) is 0 Å². The third-order valence-electron chi connectivity index (χ3n) is 4.17. The number of nitrogens with one attached hydrogen (secondary N) is 1. The van der Waals surface area contributed by atoms with E-state index in [1.165, 1.54) is 11.8 Å². The van der Waals surface area contributed by atoms with Crippen LogP contribution >= 0.6 is 11.8 Å². The van der Waals surface area contributed by atoms with E-state index in [1.54, 1.807) is 24.3 Å². The molecule has 0 aliphatic carbocycles. The van der Waals surface area contributed by atoms with E-state index >= 15 is 0 Å². The lowest BCUT2D eigenvalue weighted by Gasteiger charge is -2.06. The summed E-state index contributed by atoms with van der Waals surface area (Å²) in [6, 6.07) is 16.8. The number of anilines is 1. The fraction of sp³-hybridized carbons (Fsp3) is 0.238. The third-order valence-corrected chi connectivity index (χ3v) is 5.19. The van der Waals surface area contributed by atoms with Gasteiger partial charge in [0.05, 0.1) is 5.75 Å². The smallest absolute Gasteiger partial charge is 0.224 e. The Morgan fingerprint density at radius 3 is 2.43 bits per heavy atom. The van der Waals surface area contributed by atoms with Crippen molar-refractivity contribution in [3.63, 3.8) is 0 Å². The zero-order valence-electron chi connectivity index (χ0n) is 15.9. The molecule has 3 aromatic rings. The normalized spacial score (nSPS) is 10.6. The van der Waals surface area contributed by atoms with Gasteiger partial charge in [-0.15, -0.1) is 10.2 Å². The summed E-state index contributed by atoms with van der Waals surface area (Å²) < 4.78 is 1.89. The molecule has 3 rings (SSSR count). The van der Waals surface area contributed by atoms with E-state index in [0.717, 1.165) is 17.8 Å². The zero-order chi connectivity index (χ0) is 19.9. The number of rotatable bonds is 8. The van der Waals surface area contributed by atoms with Crippen molar-refractivity contribution in [3.05, 3.63) is 60.2 Å². The van der Waals surface area contributed by atoms with Crippen molar-refractivity contribution in [3.8, 4) is 11.4 Å². The Hall–Kier alpha value is -2.93. The molecule has 0 atom stereocenters. The SMILES string of the molecule is CCCC(=O)Nc1ccc(C(=O)CSc2nnc(-c3ccccc3)n2C)cc1. The van der Waals surface area contributed by atoms with E-state index in [-0.39, 0.29) is 17.4 Å². The Bertz CT molecular complexity index is 952. The predicted octanol–water partition coefficient (Wildman–Crippen LogP) is 4.20. The van der Waals surface area contributed by atoms with Gasteiger partial charge in [0, 0.05) is 30.3 Å². The molecule has 0 spiro atoms. The van der Waals surface area contributed by atoms with Crippen molar-refractivity contribution in [2.75, 3.05) is 11.1 Å². The number of carbonyl (C=O) groups excluding carboxylic acids is 2. The van der Waals surface area contributed by atoms with Gasteiger partial charge in [0.1, 0.15) is 0 Å². The van der Waals surface area contributed by atoms with Crippen LogP contribution < -0.4 is 5.32 Å². The highest BCUT2D eigenvalue weighted by Gasteiger charge is 2.14. The predicted molar refractivity (Wildman–Crippen MR) is 111 cm³/mol. The van der Waals surface area contributed by atoms with Crippen molar-refractivity contribution < 1.29 is 9.59 Å². The monoisotopic (exact) mass is 394 g/mol. The average Bonchev–Trinajstić information content (AvgIpc) is 3.08. The van der Waals surface area contributed by atoms with Crippen LogP contribution in [0.1, 0.15) is 30.1 Å². The first-order valence-corrected chi connectivity index (χ1v) is 10.1. The number of nitrogens with zero attached hydrogens (tertiary/aromatic N) is 3. The Kier molecular flexibility index (Phi) is 6.60. The molecule has 0 saturated heterocycles. The van der Waals surface area contributed by atoms with Gasteiger partial charge < -0.3 is 9.88 Å². The van der Waals surface area contributed by atoms with Crippen LogP contribution in [-0.2, 0) is 11.8 Å². The van der Waals surface area contributed by atoms with Crippen molar-refractivity contribution >= 4 is 29.1 Å². The van der Waals surface area contributed by atoms with E-state index < -0.39 is 0 Å². The van der Waals surface area contributed by atoms with Gasteiger partial charge in [0.25, 0.3) is 0 Å². The Morgan fingerprint density at radius 2 is 1.75 bits per heavy atom. The summed E-state index contributed by atoms with van der Waals surface area (Å²) in [7, 11) is 1.89. The van der Waals surface area contributed by atoms with Gasteiger partial charge in [-0.05, 0) is 30.7 Å². The molecule has 1 amide bonds. The van der Waals surface area contributed by atoms with Crippen LogP contribution in [0.4, 0.5) is 5.69 Å². The van der Waals surface area contributed by atoms with E-state index in [0.29, 0.717) is 22.8 Å². The van der Waals surface area contributed by atoms with Crippen molar-refractivity contribution in [2.24, 2.45) is 7.05 Å². The first-order valence-electron chi connectivity index (χ1n) is 9.09. The first-order chi connectivity index (χ1) is 13.6. The maximum Gasteiger partial charge on any atom is 0.224 e. The molecular formula is C21H22N4O2S. The Balaban J connectivity index is 1.60. The van der Waals surface area contributed by atoms with E-state index in [2.05, 4.69) is 15.5 Å². The Morgan fingerprint density at radius 1 is 1.04 bits per heavy atom. The van der Waals surface area contributed by atoms with Gasteiger partial charge in [-0.2, -0.15) is 0 Å². The number of carbonyl (C=O) groups is 2. The van der Waals surface area contributed by atoms with Crippen molar-refractivity contribution in [2.45, 2.75) is 24.9 Å². The largest absolute Gasteiger partial charge is 0.326 e. The second-order valence-electron chi connectivity index (χ2n) is 6.32. The van der Waals surface area contributed by atoms with Crippen LogP contribution in [0, 0.1) is 0 Å². The molecular weight excluding hydrogens is 372 g/mol. The molecule has 1 N–H and O–H groups in total. The van der Waals surface area contributed by atoms with Crippen LogP contribution in [0.3, 0.4) is 0 Å². The lowest BCUT2D eigenvalue weighted by molar-refractivity contribution is -0.116. The summed E-state index contributed by atoms with van der Waals surface area (Å²) in [6.45, 7) is 1.96. The van der Waals surface area contributed by atoms with Crippen molar-refractivity contribution in [1.29, 1.82) is 0 Å². The number of aromatic nitrogens is 3. The third kappa shape index (κ3) is 4.86. The van der Waals surface area contributed by atoms with Gasteiger partial charge in [-0.3, -0.25) is 9.59 Å². The molecule has 0 fully saturated rings. The number of amides is 1. The maximum atomic E-state index is 12.5. The minimum atomic E-state index is -0.0198. The second-order valence-corrected chi connectivity index (χ2v) is 7.26. The van der Waals surface area contributed by atoms with E-state index in [4.69, 9.17) is 0 Å². The number of benzene rings is 2. The molecule has 2 aromatic carbocycles. The Labute approximate surface area is 168 Å². The zero-order valence-corrected chi connectivity index (χ0v) is 16.7. The highest BCUT2D eigenvalue weighted by molar-refractivity contribution is 7.99. The molecule has 0 radical (unpaired) electrons. The summed E-state index contributed by atoms with van der Waals surface area (Å²) >= 11 is 1.36. The molecule has 7 heteroatoms. The van der Waals surface area contributed by atoms with E-state index in [9.17, 15) is 9.59 Å². The molecule has 6 nitrogen and oxygen atoms in total. The van der Waals surface area contributed by atoms with Gasteiger partial charge in [0.2, 0.25) is 5.91 Å². The number of Topliss-reactive ketones (excluding diaryl/α,β-unsaturated/α-hetero) is 1. The molecule has 28 heavy (non-hydrogen) atoms. The van der Waals surface area contributed by atoms with Crippen LogP contribution in [0.25, 0.3) is 11.4 Å². The number of thioether (sulfide) groups is 1.